The Bertz CT molecular complexity index is 584. The number of hydrogen-bond donors (Lipinski definition) is 1. The van der Waals surface area contributed by atoms with Gasteiger partial charge in [-0.15, -0.1) is 0 Å². The number of nitrogens with one attached hydrogen (secondary N) is 1. The molecular weight excluding hydrogens is 363 g/mol. The van der Waals surface area contributed by atoms with E-state index in [0.29, 0.717) is 10.7 Å². The van der Waals surface area contributed by atoms with Gasteiger partial charge in [0.15, 0.2) is 0 Å². The normalized spacial score (nSPS) is 10.2. The molecule has 0 unspecified atom stereocenters. The molecule has 1 N–H and O–H groups in total. The summed E-state index contributed by atoms with van der Waals surface area (Å²) in [6.45, 7) is 2.02. The van der Waals surface area contributed by atoms with Crippen LogP contribution in [0, 0.1) is 10.5 Å². The first-order valence-corrected chi connectivity index (χ1v) is 6.71. The molecule has 3 nitrogen and oxygen atoms in total. The molecule has 5 heteroatoms. The minimum atomic E-state index is -0.196. The lowest BCUT2D eigenvalue weighted by Gasteiger charge is -2.06. The van der Waals surface area contributed by atoms with E-state index in [2.05, 4.69) is 32.9 Å². The van der Waals surface area contributed by atoms with Crippen molar-refractivity contribution in [3.8, 4) is 0 Å². The van der Waals surface area contributed by atoms with Gasteiger partial charge < -0.3 is 5.32 Å². The standard InChI is InChI=1S/C13H10ClIN2O/c1-8-2-4-10(6-11(8)15)17-13(18)9-3-5-12(14)16-7-9/h2-7H,1H3,(H,17,18). The molecule has 0 radical (unpaired) electrons. The maximum absolute atomic E-state index is 11.9. The topological polar surface area (TPSA) is 42.0 Å². The average molecular weight is 373 g/mol. The Balaban J connectivity index is 2.16. The molecule has 0 saturated carbocycles. The third-order valence-electron chi connectivity index (χ3n) is 2.42. The fraction of sp³-hybridized carbons (Fsp3) is 0.0769. The van der Waals surface area contributed by atoms with E-state index in [4.69, 9.17) is 11.6 Å². The predicted octanol–water partition coefficient (Wildman–Crippen LogP) is 3.90. The van der Waals surface area contributed by atoms with Crippen molar-refractivity contribution in [2.24, 2.45) is 0 Å². The highest BCUT2D eigenvalue weighted by atomic mass is 127. The van der Waals surface area contributed by atoms with E-state index in [1.54, 1.807) is 12.1 Å². The van der Waals surface area contributed by atoms with Crippen molar-refractivity contribution >= 4 is 45.8 Å². The zero-order valence-corrected chi connectivity index (χ0v) is 12.5. The summed E-state index contributed by atoms with van der Waals surface area (Å²) >= 11 is 7.91. The molecule has 1 aromatic carbocycles. The molecule has 1 heterocycles. The molecule has 0 aliphatic rings. The van der Waals surface area contributed by atoms with Crippen LogP contribution in [0.15, 0.2) is 36.5 Å². The number of pyridine rings is 1. The number of carbonyl (C=O) groups is 1. The van der Waals surface area contributed by atoms with Crippen LogP contribution in [0.5, 0.6) is 0 Å². The summed E-state index contributed by atoms with van der Waals surface area (Å²) in [5, 5.41) is 3.19. The van der Waals surface area contributed by atoms with Gasteiger partial charge in [-0.3, -0.25) is 4.79 Å². The van der Waals surface area contributed by atoms with Gasteiger partial charge in [-0.2, -0.15) is 0 Å². The third-order valence-corrected chi connectivity index (χ3v) is 3.81. The minimum absolute atomic E-state index is 0.196. The highest BCUT2D eigenvalue weighted by Gasteiger charge is 2.07. The first kappa shape index (κ1) is 13.3. The van der Waals surface area contributed by atoms with Gasteiger partial charge in [0.05, 0.1) is 5.56 Å². The lowest BCUT2D eigenvalue weighted by atomic mass is 10.2. The van der Waals surface area contributed by atoms with E-state index in [-0.39, 0.29) is 5.91 Å². The number of halogens is 2. The van der Waals surface area contributed by atoms with Gasteiger partial charge in [0.2, 0.25) is 0 Å². The SMILES string of the molecule is Cc1ccc(NC(=O)c2ccc(Cl)nc2)cc1I. The molecule has 0 fully saturated rings. The lowest BCUT2D eigenvalue weighted by molar-refractivity contribution is 0.102. The predicted molar refractivity (Wildman–Crippen MR) is 81.1 cm³/mol. The van der Waals surface area contributed by atoms with Crippen molar-refractivity contribution in [1.29, 1.82) is 0 Å². The van der Waals surface area contributed by atoms with Crippen LogP contribution >= 0.6 is 34.2 Å². The van der Waals surface area contributed by atoms with E-state index in [1.807, 2.05) is 25.1 Å². The average Bonchev–Trinajstić information content (AvgIpc) is 2.34. The monoisotopic (exact) mass is 372 g/mol. The summed E-state index contributed by atoms with van der Waals surface area (Å²) in [5.41, 5.74) is 2.43. The maximum atomic E-state index is 11.9. The van der Waals surface area contributed by atoms with Gasteiger partial charge in [0, 0.05) is 15.5 Å². The van der Waals surface area contributed by atoms with Crippen LogP contribution in [0.3, 0.4) is 0 Å². The van der Waals surface area contributed by atoms with Crippen LogP contribution in [0.4, 0.5) is 5.69 Å². The van der Waals surface area contributed by atoms with Gasteiger partial charge in [-0.1, -0.05) is 17.7 Å². The number of carbonyl (C=O) groups excluding carboxylic acids is 1. The molecule has 92 valence electrons. The third kappa shape index (κ3) is 3.20. The Morgan fingerprint density at radius 2 is 2.11 bits per heavy atom. The van der Waals surface area contributed by atoms with Crippen LogP contribution in [-0.4, -0.2) is 10.9 Å². The first-order chi connectivity index (χ1) is 8.56. The number of nitrogens with zero attached hydrogens (tertiary/aromatic N) is 1. The Labute approximate surface area is 124 Å². The molecule has 0 aliphatic carbocycles. The van der Waals surface area contributed by atoms with Crippen molar-refractivity contribution in [3.63, 3.8) is 0 Å². The summed E-state index contributed by atoms with van der Waals surface area (Å²) in [7, 11) is 0. The number of amides is 1. The van der Waals surface area contributed by atoms with E-state index >= 15 is 0 Å². The zero-order valence-electron chi connectivity index (χ0n) is 9.58. The summed E-state index contributed by atoms with van der Waals surface area (Å²) in [5.74, 6) is -0.196. The van der Waals surface area contributed by atoms with Crippen molar-refractivity contribution in [1.82, 2.24) is 4.98 Å². The van der Waals surface area contributed by atoms with Gasteiger partial charge in [0.1, 0.15) is 5.15 Å². The molecule has 0 spiro atoms. The van der Waals surface area contributed by atoms with Crippen molar-refractivity contribution < 1.29 is 4.79 Å². The number of benzene rings is 1. The molecule has 1 aromatic heterocycles. The van der Waals surface area contributed by atoms with E-state index < -0.39 is 0 Å². The quantitative estimate of drug-likeness (QED) is 0.642. The van der Waals surface area contributed by atoms with Gasteiger partial charge >= 0.3 is 0 Å². The number of aryl methyl sites for hydroxylation is 1. The van der Waals surface area contributed by atoms with Gasteiger partial charge in [0.25, 0.3) is 5.91 Å². The van der Waals surface area contributed by atoms with E-state index in [0.717, 1.165) is 9.26 Å². The van der Waals surface area contributed by atoms with Gasteiger partial charge in [-0.05, 0) is 59.3 Å². The fourth-order valence-corrected chi connectivity index (χ4v) is 2.01. The Morgan fingerprint density at radius 3 is 2.72 bits per heavy atom. The van der Waals surface area contributed by atoms with Gasteiger partial charge in [-0.25, -0.2) is 4.98 Å². The smallest absolute Gasteiger partial charge is 0.257 e. The molecule has 0 atom stereocenters. The highest BCUT2D eigenvalue weighted by molar-refractivity contribution is 14.1. The Morgan fingerprint density at radius 1 is 1.33 bits per heavy atom. The summed E-state index contributed by atoms with van der Waals surface area (Å²) in [6, 6.07) is 9.01. The molecule has 0 saturated heterocycles. The van der Waals surface area contributed by atoms with Crippen LogP contribution in [0.1, 0.15) is 15.9 Å². The summed E-state index contributed by atoms with van der Waals surface area (Å²) in [4.78, 5) is 15.8. The number of rotatable bonds is 2. The second-order valence-corrected chi connectivity index (χ2v) is 5.34. The minimum Gasteiger partial charge on any atom is -0.322 e. The van der Waals surface area contributed by atoms with Crippen molar-refractivity contribution in [2.45, 2.75) is 6.92 Å². The van der Waals surface area contributed by atoms with E-state index in [9.17, 15) is 4.79 Å². The summed E-state index contributed by atoms with van der Waals surface area (Å²) in [6.07, 6.45) is 1.46. The second-order valence-electron chi connectivity index (χ2n) is 3.79. The molecule has 0 bridgehead atoms. The zero-order chi connectivity index (χ0) is 13.1. The summed E-state index contributed by atoms with van der Waals surface area (Å²) < 4.78 is 1.11. The molecular formula is C13H10ClIN2O. The van der Waals surface area contributed by atoms with Crippen LogP contribution in [0.2, 0.25) is 5.15 Å². The Hall–Kier alpha value is -1.14. The molecule has 18 heavy (non-hydrogen) atoms. The van der Waals surface area contributed by atoms with Crippen molar-refractivity contribution in [2.75, 3.05) is 5.32 Å². The Kier molecular flexibility index (Phi) is 4.19. The lowest BCUT2D eigenvalue weighted by Crippen LogP contribution is -2.12. The largest absolute Gasteiger partial charge is 0.322 e. The fourth-order valence-electron chi connectivity index (χ4n) is 1.38. The molecule has 2 rings (SSSR count). The van der Waals surface area contributed by atoms with Crippen molar-refractivity contribution in [3.05, 3.63) is 56.4 Å². The first-order valence-electron chi connectivity index (χ1n) is 5.25. The number of aromatic nitrogens is 1. The maximum Gasteiger partial charge on any atom is 0.257 e. The van der Waals surface area contributed by atoms with Crippen LogP contribution < -0.4 is 5.32 Å². The van der Waals surface area contributed by atoms with Crippen LogP contribution in [-0.2, 0) is 0 Å². The van der Waals surface area contributed by atoms with E-state index in [1.165, 1.54) is 11.8 Å². The highest BCUT2D eigenvalue weighted by Crippen LogP contribution is 2.17. The molecule has 1 amide bonds. The molecule has 0 aliphatic heterocycles. The second kappa shape index (κ2) is 5.67. The molecule has 2 aromatic rings. The van der Waals surface area contributed by atoms with Crippen LogP contribution in [0.25, 0.3) is 0 Å². The number of hydrogen-bond acceptors (Lipinski definition) is 2. The number of anilines is 1.